The van der Waals surface area contributed by atoms with E-state index in [1.807, 2.05) is 24.3 Å². The van der Waals surface area contributed by atoms with Crippen molar-refractivity contribution in [1.29, 1.82) is 0 Å². The van der Waals surface area contributed by atoms with Gasteiger partial charge in [0.25, 0.3) is 0 Å². The van der Waals surface area contributed by atoms with Crippen molar-refractivity contribution in [1.82, 2.24) is 19.9 Å². The van der Waals surface area contributed by atoms with Crippen molar-refractivity contribution < 1.29 is 0 Å². The SMILES string of the molecule is C1=Cc2cc3ccc(cc4cc(-c5cccc6c5Cc5ccccc5-6)c(cc5nc(cc1n2)C=C5)[nH]4)[nH]3.c1ccc2cc3ccccc3cc2c1. The summed E-state index contributed by atoms with van der Waals surface area (Å²) in [5.74, 6) is 0. The highest BCUT2D eigenvalue weighted by Crippen LogP contribution is 2.42. The number of fused-ring (bicyclic) bond motifs is 13. The molecule has 0 atom stereocenters. The van der Waals surface area contributed by atoms with E-state index < -0.39 is 0 Å². The van der Waals surface area contributed by atoms with Gasteiger partial charge >= 0.3 is 0 Å². The van der Waals surface area contributed by atoms with Crippen LogP contribution in [0.25, 0.3) is 90.2 Å². The number of aromatic amines is 2. The molecule has 0 saturated carbocycles. The summed E-state index contributed by atoms with van der Waals surface area (Å²) in [6, 6.07) is 51.7. The largest absolute Gasteiger partial charge is 0.355 e. The molecule has 5 aromatic carbocycles. The first-order valence-corrected chi connectivity index (χ1v) is 17.4. The van der Waals surface area contributed by atoms with E-state index in [0.717, 1.165) is 51.3 Å². The third-order valence-electron chi connectivity index (χ3n) is 9.92. The summed E-state index contributed by atoms with van der Waals surface area (Å²) in [6.45, 7) is 0. The number of aromatic nitrogens is 4. The molecule has 11 rings (SSSR count). The predicted molar refractivity (Wildman–Crippen MR) is 214 cm³/mol. The lowest BCUT2D eigenvalue weighted by atomic mass is 9.96. The Kier molecular flexibility index (Phi) is 6.85. The number of H-pyrrole nitrogens is 2. The monoisotopic (exact) mass is 652 g/mol. The average molecular weight is 653 g/mol. The lowest BCUT2D eigenvalue weighted by molar-refractivity contribution is 1.26. The van der Waals surface area contributed by atoms with E-state index in [9.17, 15) is 0 Å². The van der Waals surface area contributed by atoms with Gasteiger partial charge in [-0.25, -0.2) is 9.97 Å². The minimum atomic E-state index is 0.904. The van der Waals surface area contributed by atoms with Gasteiger partial charge in [0.1, 0.15) is 0 Å². The van der Waals surface area contributed by atoms with Gasteiger partial charge in [0.15, 0.2) is 0 Å². The van der Waals surface area contributed by atoms with Crippen LogP contribution in [-0.4, -0.2) is 19.9 Å². The zero-order chi connectivity index (χ0) is 33.7. The molecule has 0 spiro atoms. The van der Waals surface area contributed by atoms with Crippen LogP contribution < -0.4 is 0 Å². The molecular weight excluding hydrogens is 621 g/mol. The van der Waals surface area contributed by atoms with Crippen molar-refractivity contribution in [2.24, 2.45) is 0 Å². The number of nitrogens with zero attached hydrogens (tertiary/aromatic N) is 2. The third-order valence-corrected chi connectivity index (χ3v) is 9.92. The molecule has 8 bridgehead atoms. The number of rotatable bonds is 1. The van der Waals surface area contributed by atoms with Crippen molar-refractivity contribution in [3.63, 3.8) is 0 Å². The first-order valence-electron chi connectivity index (χ1n) is 17.4. The molecular formula is C47H32N4. The highest BCUT2D eigenvalue weighted by Gasteiger charge is 2.22. The van der Waals surface area contributed by atoms with Crippen LogP contribution in [0.3, 0.4) is 0 Å². The second-order valence-corrected chi connectivity index (χ2v) is 13.3. The number of hydrogen-bond acceptors (Lipinski definition) is 2. The lowest BCUT2D eigenvalue weighted by Gasteiger charge is -2.07. The summed E-state index contributed by atoms with van der Waals surface area (Å²) < 4.78 is 0. The van der Waals surface area contributed by atoms with Crippen LogP contribution in [0.5, 0.6) is 0 Å². The lowest BCUT2D eigenvalue weighted by Crippen LogP contribution is -1.87. The van der Waals surface area contributed by atoms with Crippen LogP contribution in [0.1, 0.15) is 33.9 Å². The molecule has 240 valence electrons. The molecule has 0 saturated heterocycles. The van der Waals surface area contributed by atoms with Crippen LogP contribution >= 0.6 is 0 Å². The maximum atomic E-state index is 4.86. The van der Waals surface area contributed by atoms with E-state index >= 15 is 0 Å². The summed E-state index contributed by atoms with van der Waals surface area (Å²) >= 11 is 0. The quantitative estimate of drug-likeness (QED) is 0.173. The molecule has 3 aliphatic rings. The highest BCUT2D eigenvalue weighted by molar-refractivity contribution is 5.98. The zero-order valence-corrected chi connectivity index (χ0v) is 27.8. The number of hydrogen-bond donors (Lipinski definition) is 2. The molecule has 2 N–H and O–H groups in total. The fourth-order valence-electron chi connectivity index (χ4n) is 7.53. The molecule has 0 amide bonds. The van der Waals surface area contributed by atoms with E-state index in [0.29, 0.717) is 0 Å². The maximum Gasteiger partial charge on any atom is 0.0659 e. The van der Waals surface area contributed by atoms with Gasteiger partial charge in [-0.05, 0) is 135 Å². The molecule has 1 aliphatic carbocycles. The molecule has 0 radical (unpaired) electrons. The number of nitrogens with one attached hydrogen (secondary N) is 2. The van der Waals surface area contributed by atoms with Crippen molar-refractivity contribution >= 4 is 67.9 Å². The Morgan fingerprint density at radius 3 is 1.57 bits per heavy atom. The summed E-state index contributed by atoms with van der Waals surface area (Å²) in [5, 5.41) is 5.25. The summed E-state index contributed by atoms with van der Waals surface area (Å²) in [5.41, 5.74) is 15.7. The minimum Gasteiger partial charge on any atom is -0.355 e. The van der Waals surface area contributed by atoms with Crippen molar-refractivity contribution in [3.8, 4) is 22.3 Å². The summed E-state index contributed by atoms with van der Waals surface area (Å²) in [6.07, 6.45) is 9.12. The molecule has 0 fully saturated rings. The molecule has 0 unspecified atom stereocenters. The molecule has 51 heavy (non-hydrogen) atoms. The Bertz CT molecular complexity index is 2800. The van der Waals surface area contributed by atoms with E-state index in [-0.39, 0.29) is 0 Å². The van der Waals surface area contributed by atoms with Crippen LogP contribution in [-0.2, 0) is 6.42 Å². The first-order chi connectivity index (χ1) is 25.2. The topological polar surface area (TPSA) is 57.4 Å². The van der Waals surface area contributed by atoms with Gasteiger partial charge < -0.3 is 9.97 Å². The van der Waals surface area contributed by atoms with Gasteiger partial charge in [-0.1, -0.05) is 91.0 Å². The van der Waals surface area contributed by atoms with Crippen LogP contribution in [0.4, 0.5) is 0 Å². The molecule has 4 heteroatoms. The van der Waals surface area contributed by atoms with E-state index in [1.54, 1.807) is 0 Å². The summed E-state index contributed by atoms with van der Waals surface area (Å²) in [7, 11) is 0. The van der Waals surface area contributed by atoms with Crippen LogP contribution in [0.15, 0.2) is 146 Å². The fourth-order valence-corrected chi connectivity index (χ4v) is 7.53. The van der Waals surface area contributed by atoms with Gasteiger partial charge in [-0.15, -0.1) is 0 Å². The van der Waals surface area contributed by atoms with Crippen molar-refractivity contribution in [3.05, 3.63) is 179 Å². The Balaban J connectivity index is 0.000000195. The predicted octanol–water partition coefficient (Wildman–Crippen LogP) is 11.9. The maximum absolute atomic E-state index is 4.86. The van der Waals surface area contributed by atoms with Gasteiger partial charge in [0, 0.05) is 27.6 Å². The Hall–Kier alpha value is -6.78. The summed E-state index contributed by atoms with van der Waals surface area (Å²) in [4.78, 5) is 16.8. The van der Waals surface area contributed by atoms with Crippen LogP contribution in [0.2, 0.25) is 0 Å². The van der Waals surface area contributed by atoms with Crippen molar-refractivity contribution in [2.45, 2.75) is 6.42 Å². The Morgan fingerprint density at radius 2 is 0.902 bits per heavy atom. The smallest absolute Gasteiger partial charge is 0.0659 e. The van der Waals surface area contributed by atoms with E-state index in [2.05, 4.69) is 156 Å². The average Bonchev–Trinajstić information content (AvgIpc) is 4.01. The standard InChI is InChI=1S/C33H22N4.C14H10/c1-2-5-28-20(4-1)14-31-29(28)6-3-7-30(31)32-18-27-17-25-11-10-23(35-25)15-21-8-9-22(34-21)16-24-12-13-26(36-24)19-33(32)37-27;1-2-6-12-10-14-8-4-3-7-13(14)9-11(12)5-1/h1-13,15-19,35,37H,14H2;1-10H. The van der Waals surface area contributed by atoms with Gasteiger partial charge in [0.05, 0.1) is 22.8 Å². The second kappa shape index (κ2) is 12.0. The fraction of sp³-hybridized carbons (Fsp3) is 0.0213. The molecule has 8 aromatic rings. The second-order valence-electron chi connectivity index (χ2n) is 13.3. The first kappa shape index (κ1) is 29.2. The molecule has 5 heterocycles. The van der Waals surface area contributed by atoms with Crippen molar-refractivity contribution in [2.75, 3.05) is 0 Å². The Morgan fingerprint density at radius 1 is 0.373 bits per heavy atom. The van der Waals surface area contributed by atoms with E-state index in [1.165, 1.54) is 54.9 Å². The third kappa shape index (κ3) is 5.53. The normalized spacial score (nSPS) is 12.5. The van der Waals surface area contributed by atoms with E-state index in [4.69, 9.17) is 9.97 Å². The van der Waals surface area contributed by atoms with Gasteiger partial charge in [-0.3, -0.25) is 0 Å². The van der Waals surface area contributed by atoms with Gasteiger partial charge in [0.2, 0.25) is 0 Å². The molecule has 3 aromatic heterocycles. The zero-order valence-electron chi connectivity index (χ0n) is 27.8. The van der Waals surface area contributed by atoms with Crippen LogP contribution in [0, 0.1) is 0 Å². The molecule has 4 nitrogen and oxygen atoms in total. The number of benzene rings is 5. The Labute approximate surface area is 295 Å². The minimum absolute atomic E-state index is 0.904. The molecule has 2 aliphatic heterocycles. The van der Waals surface area contributed by atoms with Gasteiger partial charge in [-0.2, -0.15) is 0 Å². The highest BCUT2D eigenvalue weighted by atomic mass is 14.8.